The van der Waals surface area contributed by atoms with Gasteiger partial charge in [-0.1, -0.05) is 11.6 Å². The Morgan fingerprint density at radius 3 is 2.70 bits per heavy atom. The van der Waals surface area contributed by atoms with Crippen LogP contribution in [0.4, 0.5) is 0 Å². The predicted octanol–water partition coefficient (Wildman–Crippen LogP) is 2.99. The van der Waals surface area contributed by atoms with Crippen molar-refractivity contribution in [3.63, 3.8) is 0 Å². The van der Waals surface area contributed by atoms with Crippen molar-refractivity contribution < 1.29 is 19.0 Å². The molecule has 150 valence electrons. The summed E-state index contributed by atoms with van der Waals surface area (Å²) < 4.78 is 16.2. The highest BCUT2D eigenvalue weighted by Crippen LogP contribution is 2.36. The summed E-state index contributed by atoms with van der Waals surface area (Å²) in [6.45, 7) is 9.78. The Hall–Kier alpha value is -1.76. The lowest BCUT2D eigenvalue weighted by Crippen LogP contribution is -2.51. The summed E-state index contributed by atoms with van der Waals surface area (Å²) >= 11 is 6.26. The fourth-order valence-electron chi connectivity index (χ4n) is 2.99. The van der Waals surface area contributed by atoms with Crippen molar-refractivity contribution in [2.24, 2.45) is 0 Å². The van der Waals surface area contributed by atoms with E-state index in [0.717, 1.165) is 31.9 Å². The van der Waals surface area contributed by atoms with Crippen LogP contribution >= 0.6 is 11.6 Å². The number of morpholine rings is 1. The summed E-state index contributed by atoms with van der Waals surface area (Å²) in [6, 6.07) is 3.81. The molecule has 1 aromatic rings. The molecule has 0 saturated carbocycles. The molecule has 0 bridgehead atoms. The number of ether oxygens (including phenoxy) is 3. The van der Waals surface area contributed by atoms with E-state index in [1.807, 2.05) is 13.8 Å². The molecule has 1 N–H and O–H groups in total. The summed E-state index contributed by atoms with van der Waals surface area (Å²) in [5.41, 5.74) is 0.768. The molecular formula is C20H29ClN2O4. The summed E-state index contributed by atoms with van der Waals surface area (Å²) in [4.78, 5) is 14.6. The molecule has 2 unspecified atom stereocenters. The number of halogens is 1. The fraction of sp³-hybridized carbons (Fsp3) is 0.550. The highest BCUT2D eigenvalue weighted by molar-refractivity contribution is 6.32. The lowest BCUT2D eigenvalue weighted by Gasteiger charge is -2.35. The Morgan fingerprint density at radius 2 is 2.07 bits per heavy atom. The second-order valence-corrected chi connectivity index (χ2v) is 6.89. The molecular weight excluding hydrogens is 368 g/mol. The van der Waals surface area contributed by atoms with Gasteiger partial charge in [0.05, 0.1) is 32.0 Å². The van der Waals surface area contributed by atoms with Gasteiger partial charge in [0.2, 0.25) is 5.91 Å². The number of rotatable bonds is 8. The maximum Gasteiger partial charge on any atom is 0.244 e. The summed E-state index contributed by atoms with van der Waals surface area (Å²) in [7, 11) is 1.56. The lowest BCUT2D eigenvalue weighted by molar-refractivity contribution is -0.117. The molecule has 1 aliphatic rings. The Morgan fingerprint density at radius 1 is 1.37 bits per heavy atom. The molecule has 0 aromatic heterocycles. The van der Waals surface area contributed by atoms with Gasteiger partial charge in [0, 0.05) is 31.2 Å². The first-order valence-electron chi connectivity index (χ1n) is 9.27. The van der Waals surface area contributed by atoms with Gasteiger partial charge in [-0.2, -0.15) is 0 Å². The third-order valence-electron chi connectivity index (χ3n) is 4.68. The van der Waals surface area contributed by atoms with Crippen molar-refractivity contribution in [1.29, 1.82) is 0 Å². The third kappa shape index (κ3) is 6.13. The maximum absolute atomic E-state index is 12.3. The van der Waals surface area contributed by atoms with E-state index in [1.54, 1.807) is 25.3 Å². The van der Waals surface area contributed by atoms with E-state index in [1.165, 1.54) is 6.08 Å². The van der Waals surface area contributed by atoms with Gasteiger partial charge in [-0.05, 0) is 44.5 Å². The Balaban J connectivity index is 1.98. The molecule has 1 aromatic carbocycles. The van der Waals surface area contributed by atoms with Gasteiger partial charge in [-0.3, -0.25) is 9.69 Å². The van der Waals surface area contributed by atoms with Crippen molar-refractivity contribution in [3.8, 4) is 11.5 Å². The number of hydrogen-bond acceptors (Lipinski definition) is 5. The topological polar surface area (TPSA) is 60.0 Å². The first-order valence-corrected chi connectivity index (χ1v) is 9.64. The standard InChI is InChI=1S/C20H29ClN2O4/c1-5-27-20-17(21)12-16(13-18(20)25-4)6-7-19(24)22-14(2)15(3)23-8-10-26-11-9-23/h6-7,12-15H,5,8-11H2,1-4H3,(H,22,24)/b7-6+. The minimum Gasteiger partial charge on any atom is -0.493 e. The van der Waals surface area contributed by atoms with Crippen molar-refractivity contribution in [2.45, 2.75) is 32.9 Å². The van der Waals surface area contributed by atoms with Crippen LogP contribution in [0.25, 0.3) is 6.08 Å². The van der Waals surface area contributed by atoms with Gasteiger partial charge in [-0.15, -0.1) is 0 Å². The molecule has 27 heavy (non-hydrogen) atoms. The van der Waals surface area contributed by atoms with Crippen LogP contribution in [0.15, 0.2) is 18.2 Å². The smallest absolute Gasteiger partial charge is 0.244 e. The van der Waals surface area contributed by atoms with Crippen molar-refractivity contribution in [1.82, 2.24) is 10.2 Å². The molecule has 1 fully saturated rings. The minimum absolute atomic E-state index is 0.0266. The summed E-state index contributed by atoms with van der Waals surface area (Å²) in [5, 5.41) is 3.47. The summed E-state index contributed by atoms with van der Waals surface area (Å²) in [6.07, 6.45) is 3.22. The zero-order valence-corrected chi connectivity index (χ0v) is 17.2. The molecule has 2 atom stereocenters. The van der Waals surface area contributed by atoms with Crippen molar-refractivity contribution in [3.05, 3.63) is 28.8 Å². The number of carbonyl (C=O) groups is 1. The van der Waals surface area contributed by atoms with Gasteiger partial charge in [0.1, 0.15) is 0 Å². The minimum atomic E-state index is -0.147. The van der Waals surface area contributed by atoms with Gasteiger partial charge >= 0.3 is 0 Å². The van der Waals surface area contributed by atoms with E-state index in [-0.39, 0.29) is 18.0 Å². The van der Waals surface area contributed by atoms with E-state index in [4.69, 9.17) is 25.8 Å². The van der Waals surface area contributed by atoms with E-state index in [0.29, 0.717) is 23.1 Å². The Labute approximate surface area is 166 Å². The second-order valence-electron chi connectivity index (χ2n) is 6.49. The molecule has 0 radical (unpaired) electrons. The van der Waals surface area contributed by atoms with Crippen molar-refractivity contribution in [2.75, 3.05) is 40.0 Å². The van der Waals surface area contributed by atoms with Gasteiger partial charge < -0.3 is 19.5 Å². The van der Waals surface area contributed by atoms with E-state index in [9.17, 15) is 4.79 Å². The number of benzene rings is 1. The average Bonchev–Trinajstić information content (AvgIpc) is 2.68. The van der Waals surface area contributed by atoms with Crippen LogP contribution in [-0.4, -0.2) is 62.9 Å². The predicted molar refractivity (Wildman–Crippen MR) is 108 cm³/mol. The Bertz CT molecular complexity index is 660. The van der Waals surface area contributed by atoms with E-state index >= 15 is 0 Å². The summed E-state index contributed by atoms with van der Waals surface area (Å²) in [5.74, 6) is 0.904. The zero-order valence-electron chi connectivity index (χ0n) is 16.5. The number of carbonyl (C=O) groups excluding carboxylic acids is 1. The largest absolute Gasteiger partial charge is 0.493 e. The zero-order chi connectivity index (χ0) is 19.8. The molecule has 2 rings (SSSR count). The van der Waals surface area contributed by atoms with Crippen LogP contribution < -0.4 is 14.8 Å². The normalized spacial score (nSPS) is 17.5. The van der Waals surface area contributed by atoms with Crippen LogP contribution in [-0.2, 0) is 9.53 Å². The van der Waals surface area contributed by atoms with Crippen LogP contribution in [0.1, 0.15) is 26.3 Å². The van der Waals surface area contributed by atoms with Gasteiger partial charge in [-0.25, -0.2) is 0 Å². The molecule has 0 spiro atoms. The molecule has 1 heterocycles. The molecule has 1 amide bonds. The quantitative estimate of drug-likeness (QED) is 0.684. The average molecular weight is 397 g/mol. The molecule has 6 nitrogen and oxygen atoms in total. The van der Waals surface area contributed by atoms with Crippen molar-refractivity contribution >= 4 is 23.6 Å². The molecule has 1 saturated heterocycles. The lowest BCUT2D eigenvalue weighted by atomic mass is 10.1. The highest BCUT2D eigenvalue weighted by atomic mass is 35.5. The van der Waals surface area contributed by atoms with E-state index in [2.05, 4.69) is 17.1 Å². The molecule has 7 heteroatoms. The molecule has 0 aliphatic carbocycles. The fourth-order valence-corrected chi connectivity index (χ4v) is 3.26. The van der Waals surface area contributed by atoms with Gasteiger partial charge in [0.15, 0.2) is 11.5 Å². The number of hydrogen-bond donors (Lipinski definition) is 1. The van der Waals surface area contributed by atoms with E-state index < -0.39 is 0 Å². The number of methoxy groups -OCH3 is 1. The monoisotopic (exact) mass is 396 g/mol. The number of amides is 1. The van der Waals surface area contributed by atoms with Crippen LogP contribution in [0, 0.1) is 0 Å². The third-order valence-corrected chi connectivity index (χ3v) is 4.96. The van der Waals surface area contributed by atoms with Gasteiger partial charge in [0.25, 0.3) is 0 Å². The SMILES string of the molecule is CCOc1c(Cl)cc(/C=C/C(=O)NC(C)C(C)N2CCOCC2)cc1OC. The van der Waals surface area contributed by atoms with Crippen LogP contribution in [0.5, 0.6) is 11.5 Å². The first kappa shape index (κ1) is 21.5. The first-order chi connectivity index (χ1) is 13.0. The van der Waals surface area contributed by atoms with Crippen LogP contribution in [0.3, 0.4) is 0 Å². The second kappa shape index (κ2) is 10.5. The maximum atomic E-state index is 12.3. The highest BCUT2D eigenvalue weighted by Gasteiger charge is 2.22. The molecule has 1 aliphatic heterocycles. The number of nitrogens with one attached hydrogen (secondary N) is 1. The van der Waals surface area contributed by atoms with Crippen LogP contribution in [0.2, 0.25) is 5.02 Å². The number of nitrogens with zero attached hydrogens (tertiary/aromatic N) is 1. The Kier molecular flexibility index (Phi) is 8.41.